The number of benzene rings is 1. The van der Waals surface area contributed by atoms with Crippen molar-refractivity contribution in [2.24, 2.45) is 0 Å². The fraction of sp³-hybridized carbons (Fsp3) is 0.375. The van der Waals surface area contributed by atoms with Gasteiger partial charge < -0.3 is 15.3 Å². The molecular weight excluding hydrogens is 465 g/mol. The minimum atomic E-state index is -4.83. The van der Waals surface area contributed by atoms with Crippen LogP contribution in [-0.4, -0.2) is 93.1 Å². The van der Waals surface area contributed by atoms with Gasteiger partial charge in [0.15, 0.2) is 5.25 Å². The molecule has 1 atom stereocenters. The first-order valence-corrected chi connectivity index (χ1v) is 10.2. The van der Waals surface area contributed by atoms with Gasteiger partial charge in [0.25, 0.3) is 33.5 Å². The van der Waals surface area contributed by atoms with E-state index in [1.807, 2.05) is 0 Å². The van der Waals surface area contributed by atoms with Gasteiger partial charge in [0.2, 0.25) is 0 Å². The van der Waals surface area contributed by atoms with Gasteiger partial charge in [-0.25, -0.2) is 4.79 Å². The molecular formula is C16H18N3NaO11S. The van der Waals surface area contributed by atoms with Crippen LogP contribution in [0, 0.1) is 10.1 Å². The zero-order valence-corrected chi connectivity index (χ0v) is 16.5. The number of nitrogens with one attached hydrogen (secondary N) is 1. The van der Waals surface area contributed by atoms with Gasteiger partial charge in [-0.2, -0.15) is 8.42 Å². The third-order valence-corrected chi connectivity index (χ3v) is 5.25. The summed E-state index contributed by atoms with van der Waals surface area (Å²) in [6.07, 6.45) is -1.19. The fourth-order valence-electron chi connectivity index (χ4n) is 2.63. The fourth-order valence-corrected chi connectivity index (χ4v) is 3.33. The summed E-state index contributed by atoms with van der Waals surface area (Å²) < 4.78 is 31.0. The summed E-state index contributed by atoms with van der Waals surface area (Å²) in [5.41, 5.74) is -0.352. The number of imide groups is 1. The molecule has 0 aliphatic carbocycles. The molecule has 32 heavy (non-hydrogen) atoms. The number of hydrogen-bond donors (Lipinski definition) is 3. The van der Waals surface area contributed by atoms with Crippen LogP contribution in [0.15, 0.2) is 18.2 Å². The van der Waals surface area contributed by atoms with Crippen molar-refractivity contribution >= 4 is 69.1 Å². The zero-order chi connectivity index (χ0) is 23.3. The zero-order valence-electron chi connectivity index (χ0n) is 15.7. The van der Waals surface area contributed by atoms with Crippen molar-refractivity contribution in [1.82, 2.24) is 10.4 Å². The number of aliphatic hydroxyl groups excluding tert-OH is 1. The van der Waals surface area contributed by atoms with Crippen molar-refractivity contribution in [2.75, 3.05) is 6.54 Å². The number of nitro groups is 1. The Hall–Kier alpha value is -2.43. The molecule has 16 heteroatoms. The van der Waals surface area contributed by atoms with Gasteiger partial charge in [-0.05, 0) is 18.6 Å². The SMILES string of the molecule is O=C(CCCNC(=O)c1ccc([N+](=O)[O-])c(CO)c1)ON1C(=O)CC(S(=O)(=O)O)C1=O.[NaH]. The van der Waals surface area contributed by atoms with Crippen LogP contribution in [0.1, 0.15) is 35.2 Å². The second-order valence-corrected chi connectivity index (χ2v) is 7.91. The molecule has 0 spiro atoms. The first-order chi connectivity index (χ1) is 14.5. The number of amides is 3. The van der Waals surface area contributed by atoms with Crippen molar-refractivity contribution < 1.29 is 47.0 Å². The summed E-state index contributed by atoms with van der Waals surface area (Å²) in [7, 11) is -4.83. The van der Waals surface area contributed by atoms with Crippen LogP contribution in [0.3, 0.4) is 0 Å². The van der Waals surface area contributed by atoms with Crippen LogP contribution in [0.5, 0.6) is 0 Å². The molecule has 1 aromatic rings. The summed E-state index contributed by atoms with van der Waals surface area (Å²) >= 11 is 0. The molecule has 170 valence electrons. The molecule has 1 aliphatic heterocycles. The molecule has 0 radical (unpaired) electrons. The minimum absolute atomic E-state index is 0. The molecule has 3 amide bonds. The van der Waals surface area contributed by atoms with Crippen LogP contribution >= 0.6 is 0 Å². The summed E-state index contributed by atoms with van der Waals surface area (Å²) in [5, 5.41) is 20.4. The van der Waals surface area contributed by atoms with Crippen molar-refractivity contribution in [3.63, 3.8) is 0 Å². The molecule has 1 aromatic carbocycles. The van der Waals surface area contributed by atoms with E-state index in [1.165, 1.54) is 6.07 Å². The number of rotatable bonds is 9. The Balaban J connectivity index is 0.00000512. The van der Waals surface area contributed by atoms with Crippen molar-refractivity contribution in [3.05, 3.63) is 39.4 Å². The molecule has 3 N–H and O–H groups in total. The van der Waals surface area contributed by atoms with E-state index in [4.69, 9.17) is 4.55 Å². The molecule has 14 nitrogen and oxygen atoms in total. The number of nitro benzene ring substituents is 1. The van der Waals surface area contributed by atoms with E-state index >= 15 is 0 Å². The Morgan fingerprint density at radius 1 is 1.31 bits per heavy atom. The molecule has 1 saturated heterocycles. The monoisotopic (exact) mass is 483 g/mol. The Morgan fingerprint density at radius 3 is 2.50 bits per heavy atom. The second-order valence-electron chi connectivity index (χ2n) is 6.32. The Labute approximate surface area is 203 Å². The van der Waals surface area contributed by atoms with Crippen LogP contribution < -0.4 is 5.32 Å². The van der Waals surface area contributed by atoms with E-state index < -0.39 is 57.0 Å². The van der Waals surface area contributed by atoms with Gasteiger partial charge in [-0.15, -0.1) is 5.06 Å². The van der Waals surface area contributed by atoms with E-state index in [2.05, 4.69) is 10.2 Å². The van der Waals surface area contributed by atoms with Gasteiger partial charge in [0.1, 0.15) is 0 Å². The first kappa shape index (κ1) is 27.6. The molecule has 1 heterocycles. The summed E-state index contributed by atoms with van der Waals surface area (Å²) in [4.78, 5) is 61.9. The van der Waals surface area contributed by atoms with E-state index in [1.54, 1.807) is 0 Å². The summed E-state index contributed by atoms with van der Waals surface area (Å²) in [6, 6.07) is 3.41. The van der Waals surface area contributed by atoms with Crippen LogP contribution in [0.2, 0.25) is 0 Å². The standard InChI is InChI=1S/C16H17N3O11S.Na.H/c20-8-10-6-9(3-4-11(10)19(25)26)15(23)17-5-1-2-14(22)30-18-13(21)7-12(16(18)24)31(27,28)29;;/h3-4,6,12,20H,1-2,5,7-8H2,(H,17,23)(H,27,28,29);;. The van der Waals surface area contributed by atoms with Gasteiger partial charge in [-0.1, -0.05) is 0 Å². The van der Waals surface area contributed by atoms with E-state index in [9.17, 15) is 42.8 Å². The summed E-state index contributed by atoms with van der Waals surface area (Å²) in [5.74, 6) is -4.16. The molecule has 0 bridgehead atoms. The molecule has 1 fully saturated rings. The van der Waals surface area contributed by atoms with Crippen LogP contribution in [0.4, 0.5) is 5.69 Å². The van der Waals surface area contributed by atoms with Crippen LogP contribution in [0.25, 0.3) is 0 Å². The molecule has 2 rings (SSSR count). The van der Waals surface area contributed by atoms with E-state index in [0.717, 1.165) is 12.1 Å². The second kappa shape index (κ2) is 11.4. The number of carbonyl (C=O) groups excluding carboxylic acids is 4. The Morgan fingerprint density at radius 2 is 1.97 bits per heavy atom. The normalized spacial score (nSPS) is 15.8. The van der Waals surface area contributed by atoms with Crippen LogP contribution in [-0.2, 0) is 35.9 Å². The van der Waals surface area contributed by atoms with Gasteiger partial charge in [0.05, 0.1) is 23.5 Å². The first-order valence-electron chi connectivity index (χ1n) is 8.66. The predicted octanol–water partition coefficient (Wildman–Crippen LogP) is -1.58. The predicted molar refractivity (Wildman–Crippen MR) is 106 cm³/mol. The third kappa shape index (κ3) is 6.78. The maximum atomic E-state index is 12.1. The molecule has 0 aromatic heterocycles. The van der Waals surface area contributed by atoms with Crippen molar-refractivity contribution in [3.8, 4) is 0 Å². The van der Waals surface area contributed by atoms with Crippen molar-refractivity contribution in [1.29, 1.82) is 0 Å². The average Bonchev–Trinajstić information content (AvgIpc) is 2.98. The van der Waals surface area contributed by atoms with E-state index in [-0.39, 0.29) is 70.8 Å². The van der Waals surface area contributed by atoms with Gasteiger partial charge >= 0.3 is 35.5 Å². The Bertz CT molecular complexity index is 1040. The van der Waals surface area contributed by atoms with Gasteiger partial charge in [-0.3, -0.25) is 29.1 Å². The Kier molecular flexibility index (Phi) is 9.87. The summed E-state index contributed by atoms with van der Waals surface area (Å²) in [6.45, 7) is -0.690. The number of hydroxylamine groups is 2. The van der Waals surface area contributed by atoms with E-state index in [0.29, 0.717) is 0 Å². The number of carbonyl (C=O) groups is 4. The molecule has 1 unspecified atom stereocenters. The third-order valence-electron chi connectivity index (χ3n) is 4.17. The number of aliphatic hydroxyl groups is 1. The number of nitrogens with zero attached hydrogens (tertiary/aromatic N) is 2. The molecule has 0 saturated carbocycles. The quantitative estimate of drug-likeness (QED) is 0.0911. The van der Waals surface area contributed by atoms with Crippen molar-refractivity contribution in [2.45, 2.75) is 31.1 Å². The number of hydrogen-bond acceptors (Lipinski definition) is 10. The topological polar surface area (TPSA) is 211 Å². The van der Waals surface area contributed by atoms with Gasteiger partial charge in [0, 0.05) is 24.6 Å². The maximum absolute atomic E-state index is 12.1. The molecule has 1 aliphatic rings. The average molecular weight is 483 g/mol.